The summed E-state index contributed by atoms with van der Waals surface area (Å²) in [5, 5.41) is 0. The zero-order valence-electron chi connectivity index (χ0n) is 13.2. The molecular weight excluding hydrogens is 258 g/mol. The van der Waals surface area contributed by atoms with Crippen molar-refractivity contribution in [3.8, 4) is 0 Å². The highest BCUT2D eigenvalue weighted by Gasteiger charge is 2.39. The van der Waals surface area contributed by atoms with Crippen LogP contribution in [0.3, 0.4) is 0 Å². The Morgan fingerprint density at radius 1 is 1.24 bits per heavy atom. The van der Waals surface area contributed by atoms with Gasteiger partial charge in [0.25, 0.3) is 0 Å². The van der Waals surface area contributed by atoms with Crippen LogP contribution in [0.2, 0.25) is 0 Å². The molecule has 2 nitrogen and oxygen atoms in total. The lowest BCUT2D eigenvalue weighted by atomic mass is 9.67. The lowest BCUT2D eigenvalue weighted by Gasteiger charge is -2.37. The van der Waals surface area contributed by atoms with Crippen LogP contribution in [0.25, 0.3) is 0 Å². The third-order valence-corrected chi connectivity index (χ3v) is 5.74. The number of hydrogen-bond donors (Lipinski definition) is 1. The van der Waals surface area contributed by atoms with Crippen molar-refractivity contribution in [3.05, 3.63) is 34.9 Å². The van der Waals surface area contributed by atoms with Crippen LogP contribution in [0.4, 0.5) is 0 Å². The highest BCUT2D eigenvalue weighted by Crippen LogP contribution is 2.39. The third-order valence-electron chi connectivity index (χ3n) is 5.74. The molecule has 0 spiro atoms. The van der Waals surface area contributed by atoms with Crippen LogP contribution >= 0.6 is 0 Å². The first kappa shape index (κ1) is 14.8. The van der Waals surface area contributed by atoms with Crippen LogP contribution in [0.15, 0.2) is 18.2 Å². The van der Waals surface area contributed by atoms with Crippen molar-refractivity contribution >= 4 is 5.78 Å². The fourth-order valence-electron chi connectivity index (χ4n) is 4.02. The Balaban J connectivity index is 1.73. The van der Waals surface area contributed by atoms with Crippen molar-refractivity contribution in [1.82, 2.24) is 0 Å². The number of benzene rings is 1. The number of carbonyl (C=O) groups is 1. The number of hydrogen-bond acceptors (Lipinski definition) is 2. The van der Waals surface area contributed by atoms with Gasteiger partial charge in [-0.2, -0.15) is 0 Å². The molecule has 114 valence electrons. The summed E-state index contributed by atoms with van der Waals surface area (Å²) in [6.07, 6.45) is 8.46. The maximum absolute atomic E-state index is 12.8. The Bertz CT molecular complexity index is 526. The molecule has 0 heterocycles. The van der Waals surface area contributed by atoms with Crippen LogP contribution < -0.4 is 5.73 Å². The molecule has 3 rings (SSSR count). The summed E-state index contributed by atoms with van der Waals surface area (Å²) in [5.74, 6) is 1.12. The molecule has 2 aliphatic carbocycles. The average molecular weight is 285 g/mol. The molecule has 1 fully saturated rings. The SMILES string of the molecule is CC1CCC(CN)(C(=O)Cc2ccc3c(c2)CCC3)CC1. The molecule has 1 saturated carbocycles. The molecule has 0 bridgehead atoms. The van der Waals surface area contributed by atoms with E-state index in [9.17, 15) is 4.79 Å². The van der Waals surface area contributed by atoms with Crippen molar-refractivity contribution in [3.63, 3.8) is 0 Å². The molecule has 0 aromatic heterocycles. The number of ketones is 1. The second kappa shape index (κ2) is 5.92. The smallest absolute Gasteiger partial charge is 0.144 e. The van der Waals surface area contributed by atoms with Crippen molar-refractivity contribution < 1.29 is 4.79 Å². The second-order valence-electron chi connectivity index (χ2n) is 7.22. The summed E-state index contributed by atoms with van der Waals surface area (Å²) in [6, 6.07) is 6.64. The van der Waals surface area contributed by atoms with E-state index in [2.05, 4.69) is 25.1 Å². The van der Waals surface area contributed by atoms with Gasteiger partial charge in [0, 0.05) is 18.4 Å². The molecule has 1 aromatic carbocycles. The predicted molar refractivity (Wildman–Crippen MR) is 86.3 cm³/mol. The van der Waals surface area contributed by atoms with Crippen LogP contribution in [0.5, 0.6) is 0 Å². The highest BCUT2D eigenvalue weighted by atomic mass is 16.1. The van der Waals surface area contributed by atoms with Crippen LogP contribution in [-0.2, 0) is 24.1 Å². The van der Waals surface area contributed by atoms with Crippen molar-refractivity contribution in [1.29, 1.82) is 0 Å². The largest absolute Gasteiger partial charge is 0.329 e. The Morgan fingerprint density at radius 2 is 1.95 bits per heavy atom. The number of nitrogens with two attached hydrogens (primary N) is 1. The van der Waals surface area contributed by atoms with E-state index in [0.717, 1.165) is 31.6 Å². The van der Waals surface area contributed by atoms with Crippen molar-refractivity contribution in [2.24, 2.45) is 17.1 Å². The highest BCUT2D eigenvalue weighted by molar-refractivity contribution is 5.87. The normalized spacial score (nSPS) is 28.4. The number of Topliss-reactive ketones (excluding diaryl/α,β-unsaturated/α-hetero) is 1. The second-order valence-corrected chi connectivity index (χ2v) is 7.22. The van der Waals surface area contributed by atoms with Gasteiger partial charge in [0.15, 0.2) is 0 Å². The number of rotatable bonds is 4. The minimum absolute atomic E-state index is 0.245. The Kier molecular flexibility index (Phi) is 4.17. The minimum Gasteiger partial charge on any atom is -0.329 e. The summed E-state index contributed by atoms with van der Waals surface area (Å²) in [5.41, 5.74) is 9.89. The lowest BCUT2D eigenvalue weighted by Crippen LogP contribution is -2.42. The molecule has 1 aromatic rings. The average Bonchev–Trinajstić information content (AvgIpc) is 2.96. The van der Waals surface area contributed by atoms with Gasteiger partial charge < -0.3 is 5.73 Å². The van der Waals surface area contributed by atoms with Gasteiger partial charge in [-0.15, -0.1) is 0 Å². The molecular formula is C19H27NO. The molecule has 2 N–H and O–H groups in total. The van der Waals surface area contributed by atoms with E-state index >= 15 is 0 Å². The molecule has 21 heavy (non-hydrogen) atoms. The zero-order chi connectivity index (χ0) is 14.9. The van der Waals surface area contributed by atoms with E-state index in [4.69, 9.17) is 5.73 Å². The monoisotopic (exact) mass is 285 g/mol. The Labute approximate surface area is 128 Å². The van der Waals surface area contributed by atoms with Crippen LogP contribution in [0.1, 0.15) is 55.7 Å². The van der Waals surface area contributed by atoms with Crippen LogP contribution in [0, 0.1) is 11.3 Å². The predicted octanol–water partition coefficient (Wildman–Crippen LogP) is 3.44. The molecule has 2 heteroatoms. The third kappa shape index (κ3) is 2.91. The van der Waals surface area contributed by atoms with E-state index in [1.54, 1.807) is 0 Å². The standard InChI is InChI=1S/C19H27NO/c1-14-7-9-19(13-20,10-8-14)18(21)12-15-5-6-16-3-2-4-17(16)11-15/h5-6,11,14H,2-4,7-10,12-13,20H2,1H3. The van der Waals surface area contributed by atoms with E-state index in [0.29, 0.717) is 18.7 Å². The lowest BCUT2D eigenvalue weighted by molar-refractivity contribution is -0.129. The Morgan fingerprint density at radius 3 is 2.67 bits per heavy atom. The van der Waals surface area contributed by atoms with E-state index < -0.39 is 0 Å². The minimum atomic E-state index is -0.245. The first-order chi connectivity index (χ1) is 10.1. The summed E-state index contributed by atoms with van der Waals surface area (Å²) < 4.78 is 0. The first-order valence-electron chi connectivity index (χ1n) is 8.47. The molecule has 0 amide bonds. The van der Waals surface area contributed by atoms with Crippen molar-refractivity contribution in [2.75, 3.05) is 6.54 Å². The summed E-state index contributed by atoms with van der Waals surface area (Å²) >= 11 is 0. The fraction of sp³-hybridized carbons (Fsp3) is 0.632. The van der Waals surface area contributed by atoms with Gasteiger partial charge in [-0.3, -0.25) is 4.79 Å². The molecule has 0 saturated heterocycles. The Hall–Kier alpha value is -1.15. The van der Waals surface area contributed by atoms with Gasteiger partial charge in [0.1, 0.15) is 5.78 Å². The van der Waals surface area contributed by atoms with E-state index in [-0.39, 0.29) is 5.41 Å². The van der Waals surface area contributed by atoms with Gasteiger partial charge >= 0.3 is 0 Å². The summed E-state index contributed by atoms with van der Waals surface area (Å²) in [4.78, 5) is 12.8. The maximum atomic E-state index is 12.8. The van der Waals surface area contributed by atoms with Gasteiger partial charge in [0.2, 0.25) is 0 Å². The number of fused-ring (bicyclic) bond motifs is 1. The van der Waals surface area contributed by atoms with E-state index in [1.165, 1.54) is 36.0 Å². The van der Waals surface area contributed by atoms with Crippen LogP contribution in [-0.4, -0.2) is 12.3 Å². The fourth-order valence-corrected chi connectivity index (χ4v) is 4.02. The topological polar surface area (TPSA) is 43.1 Å². The van der Waals surface area contributed by atoms with Gasteiger partial charge in [-0.25, -0.2) is 0 Å². The quantitative estimate of drug-likeness (QED) is 0.921. The number of carbonyl (C=O) groups excluding carboxylic acids is 1. The summed E-state index contributed by atoms with van der Waals surface area (Å²) in [6.45, 7) is 2.80. The summed E-state index contributed by atoms with van der Waals surface area (Å²) in [7, 11) is 0. The molecule has 0 unspecified atom stereocenters. The molecule has 2 aliphatic rings. The van der Waals surface area contributed by atoms with Gasteiger partial charge in [-0.1, -0.05) is 25.1 Å². The maximum Gasteiger partial charge on any atom is 0.144 e. The first-order valence-corrected chi connectivity index (χ1v) is 8.47. The van der Waals surface area contributed by atoms with E-state index in [1.807, 2.05) is 0 Å². The molecule has 0 aliphatic heterocycles. The number of aryl methyl sites for hydroxylation is 2. The van der Waals surface area contributed by atoms with Gasteiger partial charge in [-0.05, 0) is 67.6 Å². The zero-order valence-corrected chi connectivity index (χ0v) is 13.2. The van der Waals surface area contributed by atoms with Gasteiger partial charge in [0.05, 0.1) is 0 Å². The van der Waals surface area contributed by atoms with Crippen molar-refractivity contribution in [2.45, 2.75) is 58.3 Å². The molecule has 0 radical (unpaired) electrons. The molecule has 0 atom stereocenters.